The number of unbranched alkanes of at least 4 members (excludes halogenated alkanes) is 60. The van der Waals surface area contributed by atoms with Crippen molar-refractivity contribution in [3.63, 3.8) is 0 Å². The Morgan fingerprint density at radius 2 is 0.306 bits per heavy atom. The molecule has 0 aliphatic carbocycles. The normalized spacial score (nSPS) is 11.8. The molecule has 6 nitrogen and oxygen atoms in total. The van der Waals surface area contributed by atoms with Crippen LogP contribution in [-0.2, 0) is 14.6 Å². The van der Waals surface area contributed by atoms with Crippen LogP contribution in [0.25, 0.3) is 0 Å². The van der Waals surface area contributed by atoms with Gasteiger partial charge in [0, 0.05) is 0 Å². The van der Waals surface area contributed by atoms with Crippen LogP contribution in [0.2, 0.25) is 0 Å². The van der Waals surface area contributed by atoms with E-state index in [1.807, 2.05) is 0 Å². The van der Waals surface area contributed by atoms with Gasteiger partial charge in [-0.15, -0.1) is 0 Å². The minimum atomic E-state index is -4.41. The molecule has 518 valence electrons. The second-order valence-corrected chi connectivity index (χ2v) is 29.7. The monoisotopic (exact) mass is 1250 g/mol. The first-order chi connectivity index (χ1) is 40.8. The molecule has 0 unspecified atom stereocenters. The Labute approximate surface area is 546 Å². The van der Waals surface area contributed by atoms with Crippen LogP contribution in [-0.4, -0.2) is 83.4 Å². The average molecular weight is 1250 g/mol. The fraction of sp³-hybridized carbons (Fsp3) is 1.00. The van der Waals surface area contributed by atoms with E-state index < -0.39 is 10.4 Å². The van der Waals surface area contributed by atoms with Gasteiger partial charge in [0.05, 0.1) is 61.5 Å². The lowest BCUT2D eigenvalue weighted by Gasteiger charge is -2.30. The molecule has 0 saturated heterocycles. The van der Waals surface area contributed by atoms with Crippen molar-refractivity contribution < 1.29 is 38.5 Å². The molecule has 8 heteroatoms. The van der Waals surface area contributed by atoms with E-state index in [-0.39, 0.29) is 12.4 Å². The number of quaternary nitrogens is 2. The number of halogens is 1. The Bertz CT molecular complexity index is 1130. The summed E-state index contributed by atoms with van der Waals surface area (Å²) in [6, 6.07) is 0. The van der Waals surface area contributed by atoms with Gasteiger partial charge in [-0.2, -0.15) is 0 Å². The SMILES string of the molecule is CCCCCCCCCCCCCCCCCC[N+](C)(C)CCCCCCCCCCCCCCCCCC.CCCCCCCCCCCCCCCCCC[N+](C)(C)CCCCCCCCCCCCCCCCCC.COS(=O)(=O)[O-].[Cl-]. The first kappa shape index (κ1) is 91.5. The summed E-state index contributed by atoms with van der Waals surface area (Å²) in [7, 11) is 6.27. The van der Waals surface area contributed by atoms with Crippen LogP contribution in [0.15, 0.2) is 0 Å². The topological polar surface area (TPSA) is 66.4 Å². The minimum absolute atomic E-state index is 0. The highest BCUT2D eigenvalue weighted by Crippen LogP contribution is 2.20. The fourth-order valence-corrected chi connectivity index (χ4v) is 12.6. The van der Waals surface area contributed by atoms with Gasteiger partial charge in [0.1, 0.15) is 0 Å². The summed E-state index contributed by atoms with van der Waals surface area (Å²) >= 11 is 0. The summed E-state index contributed by atoms with van der Waals surface area (Å²) in [5.74, 6) is 0. The second kappa shape index (κ2) is 76.5. The molecule has 0 aromatic heterocycles. The van der Waals surface area contributed by atoms with Gasteiger partial charge in [-0.05, 0) is 51.4 Å². The molecule has 0 N–H and O–H groups in total. The molecular formula is C77H163ClN2O4S. The molecule has 0 rings (SSSR count). The van der Waals surface area contributed by atoms with Crippen LogP contribution in [0.5, 0.6) is 0 Å². The second-order valence-electron chi connectivity index (χ2n) is 28.6. The zero-order valence-corrected chi connectivity index (χ0v) is 62.0. The standard InChI is InChI=1S/2C38H80N.CH4O4S.ClH/c2*1-5-7-9-11-13-15-17-19-21-23-25-27-29-31-33-35-37-39(3,4)38-36-34-32-30-28-26-24-22-20-18-16-14-12-10-8-6-2;1-5-6(2,3)4;/h2*5-38H2,1-4H3;1H3,(H,2,3,4);1H/q2*+1;;/p-2. The molecule has 0 aromatic rings. The molecule has 0 saturated carbocycles. The van der Waals surface area contributed by atoms with Crippen LogP contribution in [0.4, 0.5) is 0 Å². The van der Waals surface area contributed by atoms with Gasteiger partial charge in [0.15, 0.2) is 0 Å². The smallest absolute Gasteiger partial charge is 0.217 e. The quantitative estimate of drug-likeness (QED) is 0.0263. The van der Waals surface area contributed by atoms with Crippen molar-refractivity contribution in [1.29, 1.82) is 0 Å². The first-order valence-corrected chi connectivity index (χ1v) is 40.3. The van der Waals surface area contributed by atoms with E-state index in [1.54, 1.807) is 0 Å². The highest BCUT2D eigenvalue weighted by Gasteiger charge is 2.15. The summed E-state index contributed by atoms with van der Waals surface area (Å²) in [5, 5.41) is 0. The van der Waals surface area contributed by atoms with Crippen LogP contribution < -0.4 is 12.4 Å². The Hall–Kier alpha value is 0.0800. The van der Waals surface area contributed by atoms with Gasteiger partial charge in [0.25, 0.3) is 0 Å². The maximum atomic E-state index is 9.22. The number of rotatable bonds is 69. The van der Waals surface area contributed by atoms with E-state index >= 15 is 0 Å². The van der Waals surface area contributed by atoms with Crippen molar-refractivity contribution in [1.82, 2.24) is 0 Å². The third-order valence-corrected chi connectivity index (χ3v) is 19.1. The zero-order chi connectivity index (χ0) is 62.3. The van der Waals surface area contributed by atoms with Crippen molar-refractivity contribution in [2.24, 2.45) is 0 Å². The average Bonchev–Trinajstić information content (AvgIpc) is 3.51. The summed E-state index contributed by atoms with van der Waals surface area (Å²) in [4.78, 5) is 0. The van der Waals surface area contributed by atoms with Gasteiger partial charge in [-0.25, -0.2) is 8.42 Å². The van der Waals surface area contributed by atoms with Crippen molar-refractivity contribution in [3.8, 4) is 0 Å². The molecule has 0 aliphatic rings. The molecule has 85 heavy (non-hydrogen) atoms. The summed E-state index contributed by atoms with van der Waals surface area (Å²) < 4.78 is 33.5. The molecular weight excluding hydrogens is 1080 g/mol. The van der Waals surface area contributed by atoms with Gasteiger partial charge < -0.3 is 25.9 Å². The maximum Gasteiger partial charge on any atom is 0.217 e. The highest BCUT2D eigenvalue weighted by atomic mass is 35.5. The third kappa shape index (κ3) is 90.6. The molecule has 0 amide bonds. The van der Waals surface area contributed by atoms with Crippen molar-refractivity contribution >= 4 is 10.4 Å². The van der Waals surface area contributed by atoms with Gasteiger partial charge in [-0.3, -0.25) is 4.18 Å². The number of hydrogen-bond donors (Lipinski definition) is 0. The predicted molar refractivity (Wildman–Crippen MR) is 379 cm³/mol. The lowest BCUT2D eigenvalue weighted by molar-refractivity contribution is -0.890. The zero-order valence-electron chi connectivity index (χ0n) is 60.4. The summed E-state index contributed by atoms with van der Waals surface area (Å²) in [6.07, 6.45) is 93.9. The first-order valence-electron chi connectivity index (χ1n) is 39.0. The molecule has 0 atom stereocenters. The van der Waals surface area contributed by atoms with Crippen molar-refractivity contribution in [2.75, 3.05) is 61.5 Å². The van der Waals surface area contributed by atoms with Crippen LogP contribution in [0.3, 0.4) is 0 Å². The summed E-state index contributed by atoms with van der Waals surface area (Å²) in [5.41, 5.74) is 0. The number of hydrogen-bond acceptors (Lipinski definition) is 4. The van der Waals surface area contributed by atoms with E-state index in [0.29, 0.717) is 0 Å². The van der Waals surface area contributed by atoms with Crippen LogP contribution in [0.1, 0.15) is 439 Å². The molecule has 0 fully saturated rings. The Kier molecular flexibility index (Phi) is 82.4. The van der Waals surface area contributed by atoms with Crippen LogP contribution in [0, 0.1) is 0 Å². The Balaban J connectivity index is -0.000000695. The van der Waals surface area contributed by atoms with Gasteiger partial charge >= 0.3 is 0 Å². The third-order valence-electron chi connectivity index (χ3n) is 18.7. The highest BCUT2D eigenvalue weighted by molar-refractivity contribution is 7.80. The van der Waals surface area contributed by atoms with E-state index in [9.17, 15) is 13.0 Å². The molecule has 0 heterocycles. The minimum Gasteiger partial charge on any atom is -1.00 e. The largest absolute Gasteiger partial charge is 1.00 e. The van der Waals surface area contributed by atoms with E-state index in [2.05, 4.69) is 60.1 Å². The molecule has 0 aromatic carbocycles. The maximum absolute atomic E-state index is 9.22. The van der Waals surface area contributed by atoms with Crippen LogP contribution >= 0.6 is 0 Å². The van der Waals surface area contributed by atoms with E-state index in [0.717, 1.165) is 7.11 Å². The van der Waals surface area contributed by atoms with Gasteiger partial charge in [0.2, 0.25) is 10.4 Å². The summed E-state index contributed by atoms with van der Waals surface area (Å²) in [6.45, 7) is 14.8. The van der Waals surface area contributed by atoms with Crippen molar-refractivity contribution in [3.05, 3.63) is 0 Å². The fourth-order valence-electron chi connectivity index (χ4n) is 12.6. The van der Waals surface area contributed by atoms with Crippen molar-refractivity contribution in [2.45, 2.75) is 439 Å². The number of nitrogens with zero attached hydrogens (tertiary/aromatic N) is 2. The lowest BCUT2D eigenvalue weighted by atomic mass is 10.0. The Morgan fingerprint density at radius 3 is 0.388 bits per heavy atom. The predicted octanol–water partition coefficient (Wildman–Crippen LogP) is 23.3. The van der Waals surface area contributed by atoms with Gasteiger partial charge in [-0.1, -0.05) is 387 Å². The lowest BCUT2D eigenvalue weighted by Crippen LogP contribution is -3.00. The Morgan fingerprint density at radius 1 is 0.224 bits per heavy atom. The van der Waals surface area contributed by atoms with E-state index in [1.165, 1.54) is 446 Å². The molecule has 0 radical (unpaired) electrons. The molecule has 0 aliphatic heterocycles. The molecule has 0 spiro atoms. The molecule has 0 bridgehead atoms. The van der Waals surface area contributed by atoms with E-state index in [4.69, 9.17) is 0 Å².